The molecule has 4 nitrogen and oxygen atoms in total. The Kier molecular flexibility index (Phi) is 4.21. The summed E-state index contributed by atoms with van der Waals surface area (Å²) in [5.41, 5.74) is 0. The number of amides is 1. The van der Waals surface area contributed by atoms with E-state index in [0.29, 0.717) is 16.6 Å². The first-order chi connectivity index (χ1) is 7.27. The number of hydrogen-bond donors (Lipinski definition) is 2. The van der Waals surface area contributed by atoms with Gasteiger partial charge in [-0.2, -0.15) is 0 Å². The molecule has 2 aliphatic rings. The second kappa shape index (κ2) is 5.45. The Hall–Kier alpha value is 0.120. The van der Waals surface area contributed by atoms with E-state index in [2.05, 4.69) is 33.2 Å². The molecule has 5 heteroatoms. The molecule has 2 unspecified atom stereocenters. The van der Waals surface area contributed by atoms with Crippen LogP contribution in [-0.4, -0.2) is 47.1 Å². The Morgan fingerprint density at radius 1 is 1.53 bits per heavy atom. The van der Waals surface area contributed by atoms with Gasteiger partial charge in [0.05, 0.1) is 10.6 Å². The van der Waals surface area contributed by atoms with E-state index in [-0.39, 0.29) is 5.91 Å². The third-order valence-electron chi connectivity index (χ3n) is 3.10. The Labute approximate surface area is 104 Å². The summed E-state index contributed by atoms with van der Waals surface area (Å²) in [7, 11) is 0. The molecule has 2 fully saturated rings. The summed E-state index contributed by atoms with van der Waals surface area (Å²) in [6.45, 7) is 3.52. The minimum absolute atomic E-state index is 0.263. The highest BCUT2D eigenvalue weighted by Crippen LogP contribution is 2.22. The van der Waals surface area contributed by atoms with Crippen molar-refractivity contribution in [2.45, 2.75) is 29.4 Å². The first-order valence-corrected chi connectivity index (χ1v) is 6.89. The topological polar surface area (TPSA) is 44.4 Å². The molecule has 0 radical (unpaired) electrons. The van der Waals surface area contributed by atoms with Crippen molar-refractivity contribution in [1.82, 2.24) is 15.5 Å². The van der Waals surface area contributed by atoms with Crippen LogP contribution in [0.3, 0.4) is 0 Å². The SMILES string of the molecule is O=C(CNC1CCNC1)N1CCCC1I. The Morgan fingerprint density at radius 2 is 2.40 bits per heavy atom. The van der Waals surface area contributed by atoms with Gasteiger partial charge >= 0.3 is 0 Å². The fourth-order valence-electron chi connectivity index (χ4n) is 2.17. The minimum atomic E-state index is 0.263. The highest BCUT2D eigenvalue weighted by molar-refractivity contribution is 14.1. The maximum absolute atomic E-state index is 11.9. The van der Waals surface area contributed by atoms with Crippen LogP contribution in [-0.2, 0) is 4.79 Å². The Morgan fingerprint density at radius 3 is 3.00 bits per heavy atom. The molecule has 2 saturated heterocycles. The standard InChI is InChI=1S/C10H18IN3O/c11-9-2-1-5-14(9)10(15)7-13-8-3-4-12-6-8/h8-9,12-13H,1-7H2. The summed E-state index contributed by atoms with van der Waals surface area (Å²) in [6, 6.07) is 0.490. The molecule has 0 saturated carbocycles. The average Bonchev–Trinajstić information content (AvgIpc) is 2.84. The number of halogens is 1. The lowest BCUT2D eigenvalue weighted by atomic mass is 10.2. The lowest BCUT2D eigenvalue weighted by Crippen LogP contribution is -2.42. The number of hydrogen-bond acceptors (Lipinski definition) is 3. The summed E-state index contributed by atoms with van der Waals surface area (Å²) in [4.78, 5) is 13.8. The smallest absolute Gasteiger partial charge is 0.237 e. The maximum Gasteiger partial charge on any atom is 0.237 e. The lowest BCUT2D eigenvalue weighted by molar-refractivity contribution is -0.129. The molecule has 1 amide bonds. The van der Waals surface area contributed by atoms with Gasteiger partial charge in [-0.1, -0.05) is 22.6 Å². The monoisotopic (exact) mass is 323 g/mol. The zero-order valence-electron chi connectivity index (χ0n) is 8.84. The molecule has 0 bridgehead atoms. The van der Waals surface area contributed by atoms with Gasteiger partial charge in [0.2, 0.25) is 5.91 Å². The van der Waals surface area contributed by atoms with Crippen LogP contribution >= 0.6 is 22.6 Å². The lowest BCUT2D eigenvalue weighted by Gasteiger charge is -2.21. The van der Waals surface area contributed by atoms with E-state index in [1.807, 2.05) is 4.90 Å². The first kappa shape index (κ1) is 11.6. The number of likely N-dealkylation sites (tertiary alicyclic amines) is 1. The van der Waals surface area contributed by atoms with Crippen LogP contribution in [0.2, 0.25) is 0 Å². The van der Waals surface area contributed by atoms with E-state index in [0.717, 1.165) is 38.9 Å². The molecule has 0 aromatic heterocycles. The molecule has 0 aliphatic carbocycles. The van der Waals surface area contributed by atoms with E-state index in [9.17, 15) is 4.79 Å². The minimum Gasteiger partial charge on any atom is -0.330 e. The van der Waals surface area contributed by atoms with Gasteiger partial charge in [0.25, 0.3) is 0 Å². The second-order valence-electron chi connectivity index (χ2n) is 4.23. The molecule has 2 N–H and O–H groups in total. The van der Waals surface area contributed by atoms with E-state index in [1.165, 1.54) is 0 Å². The van der Waals surface area contributed by atoms with Crippen molar-refractivity contribution in [3.8, 4) is 0 Å². The van der Waals surface area contributed by atoms with E-state index < -0.39 is 0 Å². The molecule has 86 valence electrons. The van der Waals surface area contributed by atoms with Crippen molar-refractivity contribution in [3.63, 3.8) is 0 Å². The third kappa shape index (κ3) is 3.04. The molecule has 15 heavy (non-hydrogen) atoms. The Bertz CT molecular complexity index is 231. The van der Waals surface area contributed by atoms with Gasteiger partial charge in [0.1, 0.15) is 0 Å². The molecule has 2 rings (SSSR count). The van der Waals surface area contributed by atoms with Crippen LogP contribution in [0, 0.1) is 0 Å². The maximum atomic E-state index is 11.9. The fourth-order valence-corrected chi connectivity index (χ4v) is 3.20. The molecule has 0 aromatic carbocycles. The van der Waals surface area contributed by atoms with Gasteiger partial charge < -0.3 is 15.5 Å². The zero-order valence-corrected chi connectivity index (χ0v) is 11.0. The van der Waals surface area contributed by atoms with Crippen LogP contribution in [0.5, 0.6) is 0 Å². The third-order valence-corrected chi connectivity index (χ3v) is 4.40. The highest BCUT2D eigenvalue weighted by atomic mass is 127. The summed E-state index contributed by atoms with van der Waals surface area (Å²) in [6.07, 6.45) is 3.45. The first-order valence-electron chi connectivity index (χ1n) is 5.65. The van der Waals surface area contributed by atoms with Crippen molar-refractivity contribution in [2.24, 2.45) is 0 Å². The summed E-state index contributed by atoms with van der Waals surface area (Å²) >= 11 is 2.36. The molecular formula is C10H18IN3O. The van der Waals surface area contributed by atoms with Crippen molar-refractivity contribution < 1.29 is 4.79 Å². The summed E-state index contributed by atoms with van der Waals surface area (Å²) < 4.78 is 0.415. The van der Waals surface area contributed by atoms with Crippen molar-refractivity contribution in [2.75, 3.05) is 26.2 Å². The number of nitrogens with zero attached hydrogens (tertiary/aromatic N) is 1. The summed E-state index contributed by atoms with van der Waals surface area (Å²) in [5.74, 6) is 0.263. The van der Waals surface area contributed by atoms with Crippen LogP contribution in [0.15, 0.2) is 0 Å². The zero-order chi connectivity index (χ0) is 10.7. The fraction of sp³-hybridized carbons (Fsp3) is 0.900. The van der Waals surface area contributed by atoms with Crippen LogP contribution in [0.4, 0.5) is 0 Å². The van der Waals surface area contributed by atoms with E-state index >= 15 is 0 Å². The number of carbonyl (C=O) groups is 1. The molecule has 2 heterocycles. The van der Waals surface area contributed by atoms with Crippen molar-refractivity contribution in [3.05, 3.63) is 0 Å². The van der Waals surface area contributed by atoms with Gasteiger partial charge in [-0.25, -0.2) is 0 Å². The van der Waals surface area contributed by atoms with Gasteiger partial charge in [-0.15, -0.1) is 0 Å². The Balaban J connectivity index is 1.71. The van der Waals surface area contributed by atoms with Gasteiger partial charge in [0, 0.05) is 19.1 Å². The van der Waals surface area contributed by atoms with Gasteiger partial charge in [-0.05, 0) is 25.8 Å². The predicted molar refractivity (Wildman–Crippen MR) is 68.0 cm³/mol. The van der Waals surface area contributed by atoms with Gasteiger partial charge in [0.15, 0.2) is 0 Å². The summed E-state index contributed by atoms with van der Waals surface area (Å²) in [5, 5.41) is 6.61. The molecule has 2 aliphatic heterocycles. The van der Waals surface area contributed by atoms with Crippen molar-refractivity contribution >= 4 is 28.5 Å². The molecule has 0 spiro atoms. The molecular weight excluding hydrogens is 305 g/mol. The van der Waals surface area contributed by atoms with Crippen LogP contribution in [0.1, 0.15) is 19.3 Å². The second-order valence-corrected chi connectivity index (χ2v) is 5.67. The van der Waals surface area contributed by atoms with E-state index in [1.54, 1.807) is 0 Å². The van der Waals surface area contributed by atoms with E-state index in [4.69, 9.17) is 0 Å². The number of nitrogens with one attached hydrogen (secondary N) is 2. The van der Waals surface area contributed by atoms with Crippen LogP contribution < -0.4 is 10.6 Å². The predicted octanol–water partition coefficient (Wildman–Crippen LogP) is 0.321. The van der Waals surface area contributed by atoms with Crippen molar-refractivity contribution in [1.29, 1.82) is 0 Å². The highest BCUT2D eigenvalue weighted by Gasteiger charge is 2.26. The number of alkyl halides is 1. The van der Waals surface area contributed by atoms with Gasteiger partial charge in [-0.3, -0.25) is 4.79 Å². The normalized spacial score (nSPS) is 31.1. The number of rotatable bonds is 3. The number of carbonyl (C=O) groups excluding carboxylic acids is 1. The van der Waals surface area contributed by atoms with Crippen LogP contribution in [0.25, 0.3) is 0 Å². The molecule has 0 aromatic rings. The average molecular weight is 323 g/mol. The quantitative estimate of drug-likeness (QED) is 0.447. The molecule has 2 atom stereocenters. The largest absolute Gasteiger partial charge is 0.330 e.